The Hall–Kier alpha value is -3.15. The molecule has 0 unspecified atom stereocenters. The summed E-state index contributed by atoms with van der Waals surface area (Å²) in [6.07, 6.45) is 2.74. The van der Waals surface area contributed by atoms with Gasteiger partial charge in [-0.25, -0.2) is 4.68 Å². The van der Waals surface area contributed by atoms with E-state index in [1.54, 1.807) is 10.9 Å². The van der Waals surface area contributed by atoms with Crippen LogP contribution in [0.3, 0.4) is 0 Å². The average molecular weight is 350 g/mol. The van der Waals surface area contributed by atoms with E-state index in [1.165, 1.54) is 5.56 Å². The Balaban J connectivity index is 1.39. The zero-order chi connectivity index (χ0) is 18.2. The minimum atomic E-state index is -0.0933. The van der Waals surface area contributed by atoms with Gasteiger partial charge in [0.05, 0.1) is 19.3 Å². The molecule has 1 heterocycles. The predicted molar refractivity (Wildman–Crippen MR) is 100 cm³/mol. The van der Waals surface area contributed by atoms with Crippen LogP contribution in [0, 0.1) is 6.92 Å². The highest BCUT2D eigenvalue weighted by Gasteiger charge is 2.06. The second-order valence-electron chi connectivity index (χ2n) is 6.10. The molecule has 1 aromatic heterocycles. The monoisotopic (exact) mass is 350 g/mol. The van der Waals surface area contributed by atoms with Crippen LogP contribution < -0.4 is 10.1 Å². The van der Waals surface area contributed by atoms with Crippen molar-refractivity contribution in [3.8, 4) is 5.75 Å². The number of rotatable bonds is 8. The van der Waals surface area contributed by atoms with Crippen LogP contribution in [0.2, 0.25) is 0 Å². The molecule has 1 N–H and O–H groups in total. The van der Waals surface area contributed by atoms with Crippen molar-refractivity contribution in [1.29, 1.82) is 0 Å². The van der Waals surface area contributed by atoms with Gasteiger partial charge in [-0.05, 0) is 31.0 Å². The number of benzene rings is 2. The molecule has 0 fully saturated rings. The molecule has 0 saturated heterocycles. The van der Waals surface area contributed by atoms with Gasteiger partial charge in [-0.3, -0.25) is 4.79 Å². The van der Waals surface area contributed by atoms with Crippen molar-refractivity contribution in [3.63, 3.8) is 0 Å². The fourth-order valence-electron chi connectivity index (χ4n) is 2.47. The van der Waals surface area contributed by atoms with Crippen LogP contribution in [-0.2, 0) is 11.3 Å². The Morgan fingerprint density at radius 1 is 1.12 bits per heavy atom. The van der Waals surface area contributed by atoms with E-state index in [9.17, 15) is 4.79 Å². The molecule has 3 aromatic rings. The molecule has 0 radical (unpaired) electrons. The maximum atomic E-state index is 12.0. The molecular formula is C20H22N4O2. The van der Waals surface area contributed by atoms with Crippen molar-refractivity contribution in [2.24, 2.45) is 0 Å². The molecule has 0 aliphatic rings. The minimum Gasteiger partial charge on any atom is -0.494 e. The van der Waals surface area contributed by atoms with Crippen LogP contribution in [0.25, 0.3) is 0 Å². The number of carbonyl (C=O) groups excluding carboxylic acids is 1. The number of nitrogens with one attached hydrogen (secondary N) is 1. The van der Waals surface area contributed by atoms with Gasteiger partial charge in [-0.2, -0.15) is 0 Å². The molecule has 2 aromatic carbocycles. The normalized spacial score (nSPS) is 10.5. The summed E-state index contributed by atoms with van der Waals surface area (Å²) in [4.78, 5) is 12.0. The fourth-order valence-corrected chi connectivity index (χ4v) is 2.47. The number of aryl methyl sites for hydroxylation is 1. The molecule has 0 bridgehead atoms. The third kappa shape index (κ3) is 5.44. The predicted octanol–water partition coefficient (Wildman–Crippen LogP) is 3.43. The molecule has 6 heteroatoms. The quantitative estimate of drug-likeness (QED) is 0.632. The van der Waals surface area contributed by atoms with Gasteiger partial charge >= 0.3 is 0 Å². The molecule has 0 saturated carbocycles. The number of hydrogen-bond donors (Lipinski definition) is 1. The Morgan fingerprint density at radius 2 is 1.88 bits per heavy atom. The summed E-state index contributed by atoms with van der Waals surface area (Å²) >= 11 is 0. The summed E-state index contributed by atoms with van der Waals surface area (Å²) < 4.78 is 7.32. The van der Waals surface area contributed by atoms with E-state index in [0.29, 0.717) is 31.8 Å². The van der Waals surface area contributed by atoms with Crippen molar-refractivity contribution in [2.75, 3.05) is 11.9 Å². The molecule has 0 aliphatic heterocycles. The van der Waals surface area contributed by atoms with Crippen LogP contribution in [0.1, 0.15) is 24.0 Å². The third-order valence-electron chi connectivity index (χ3n) is 3.83. The van der Waals surface area contributed by atoms with Crippen LogP contribution in [0.4, 0.5) is 5.82 Å². The molecular weight excluding hydrogens is 328 g/mol. The first kappa shape index (κ1) is 17.7. The van der Waals surface area contributed by atoms with Gasteiger partial charge < -0.3 is 10.1 Å². The summed E-state index contributed by atoms with van der Waals surface area (Å²) in [5, 5.41) is 10.8. The van der Waals surface area contributed by atoms with E-state index in [4.69, 9.17) is 4.74 Å². The van der Waals surface area contributed by atoms with E-state index in [2.05, 4.69) is 15.6 Å². The Labute approximate surface area is 152 Å². The summed E-state index contributed by atoms with van der Waals surface area (Å²) in [7, 11) is 0. The lowest BCUT2D eigenvalue weighted by molar-refractivity contribution is -0.116. The van der Waals surface area contributed by atoms with Crippen LogP contribution in [0.15, 0.2) is 60.8 Å². The lowest BCUT2D eigenvalue weighted by Gasteiger charge is -2.06. The topological polar surface area (TPSA) is 69.0 Å². The summed E-state index contributed by atoms with van der Waals surface area (Å²) in [6.45, 7) is 3.15. The zero-order valence-corrected chi connectivity index (χ0v) is 14.8. The van der Waals surface area contributed by atoms with Crippen molar-refractivity contribution >= 4 is 11.7 Å². The summed E-state index contributed by atoms with van der Waals surface area (Å²) in [5.41, 5.74) is 2.32. The largest absolute Gasteiger partial charge is 0.494 e. The van der Waals surface area contributed by atoms with Gasteiger partial charge in [-0.15, -0.1) is 5.10 Å². The zero-order valence-electron chi connectivity index (χ0n) is 14.8. The van der Waals surface area contributed by atoms with Crippen molar-refractivity contribution < 1.29 is 9.53 Å². The van der Waals surface area contributed by atoms with Crippen molar-refractivity contribution in [2.45, 2.75) is 26.3 Å². The second-order valence-corrected chi connectivity index (χ2v) is 6.10. The minimum absolute atomic E-state index is 0.0933. The maximum Gasteiger partial charge on any atom is 0.225 e. The van der Waals surface area contributed by atoms with E-state index < -0.39 is 0 Å². The van der Waals surface area contributed by atoms with Gasteiger partial charge in [-0.1, -0.05) is 53.2 Å². The highest BCUT2D eigenvalue weighted by molar-refractivity contribution is 5.89. The van der Waals surface area contributed by atoms with Crippen LogP contribution in [-0.4, -0.2) is 27.5 Å². The van der Waals surface area contributed by atoms with E-state index in [-0.39, 0.29) is 5.91 Å². The molecule has 26 heavy (non-hydrogen) atoms. The van der Waals surface area contributed by atoms with Gasteiger partial charge in [0.2, 0.25) is 5.91 Å². The SMILES string of the molecule is Cc1ccc(OCCCC(=O)Nc2cn(Cc3ccccc3)nn2)cc1. The number of anilines is 1. The van der Waals surface area contributed by atoms with Crippen LogP contribution >= 0.6 is 0 Å². The van der Waals surface area contributed by atoms with E-state index in [1.807, 2.05) is 61.5 Å². The first-order chi connectivity index (χ1) is 12.7. The van der Waals surface area contributed by atoms with Gasteiger partial charge in [0.1, 0.15) is 5.75 Å². The average Bonchev–Trinajstić information content (AvgIpc) is 3.08. The highest BCUT2D eigenvalue weighted by Crippen LogP contribution is 2.12. The van der Waals surface area contributed by atoms with Gasteiger partial charge in [0, 0.05) is 6.42 Å². The van der Waals surface area contributed by atoms with E-state index in [0.717, 1.165) is 11.3 Å². The molecule has 3 rings (SSSR count). The number of hydrogen-bond acceptors (Lipinski definition) is 4. The lowest BCUT2D eigenvalue weighted by Crippen LogP contribution is -2.13. The molecule has 0 aliphatic carbocycles. The number of amides is 1. The van der Waals surface area contributed by atoms with Crippen molar-refractivity contribution in [3.05, 3.63) is 71.9 Å². The smallest absolute Gasteiger partial charge is 0.225 e. The Morgan fingerprint density at radius 3 is 2.65 bits per heavy atom. The number of ether oxygens (including phenoxy) is 1. The van der Waals surface area contributed by atoms with E-state index >= 15 is 0 Å². The second kappa shape index (κ2) is 8.80. The molecule has 1 amide bonds. The third-order valence-corrected chi connectivity index (χ3v) is 3.83. The summed E-state index contributed by atoms with van der Waals surface area (Å²) in [6, 6.07) is 17.8. The first-order valence-electron chi connectivity index (χ1n) is 8.62. The number of carbonyl (C=O) groups is 1. The highest BCUT2D eigenvalue weighted by atomic mass is 16.5. The van der Waals surface area contributed by atoms with Gasteiger partial charge in [0.25, 0.3) is 0 Å². The van der Waals surface area contributed by atoms with Crippen LogP contribution in [0.5, 0.6) is 5.75 Å². The first-order valence-corrected chi connectivity index (χ1v) is 8.62. The van der Waals surface area contributed by atoms with Crippen molar-refractivity contribution in [1.82, 2.24) is 15.0 Å². The fraction of sp³-hybridized carbons (Fsp3) is 0.250. The molecule has 0 atom stereocenters. The van der Waals surface area contributed by atoms with Gasteiger partial charge in [0.15, 0.2) is 5.82 Å². The standard InChI is InChI=1S/C20H22N4O2/c1-16-9-11-18(12-10-16)26-13-5-8-20(25)21-19-15-24(23-22-19)14-17-6-3-2-4-7-17/h2-4,6-7,9-12,15H,5,8,13-14H2,1H3,(H,21,25). The Kier molecular flexibility index (Phi) is 5.98. The number of nitrogens with zero attached hydrogens (tertiary/aromatic N) is 3. The summed E-state index contributed by atoms with van der Waals surface area (Å²) in [5.74, 6) is 1.19. The number of aromatic nitrogens is 3. The molecule has 134 valence electrons. The molecule has 0 spiro atoms. The Bertz CT molecular complexity index is 829. The lowest BCUT2D eigenvalue weighted by atomic mass is 10.2. The maximum absolute atomic E-state index is 12.0. The molecule has 6 nitrogen and oxygen atoms in total.